The lowest BCUT2D eigenvalue weighted by Gasteiger charge is -1.97. The Labute approximate surface area is 67.3 Å². The van der Waals surface area contributed by atoms with Gasteiger partial charge in [-0.1, -0.05) is 0 Å². The van der Waals surface area contributed by atoms with Crippen LogP contribution in [0.4, 0.5) is 0 Å². The van der Waals surface area contributed by atoms with Gasteiger partial charge in [0, 0.05) is 6.20 Å². The molecule has 0 bridgehead atoms. The molecule has 0 atom stereocenters. The first-order chi connectivity index (χ1) is 5.63. The summed E-state index contributed by atoms with van der Waals surface area (Å²) in [7, 11) is 0. The molecule has 0 unspecified atom stereocenters. The normalized spacial score (nSPS) is 9.33. The maximum atomic E-state index is 10.4. The Balaban J connectivity index is 3.27. The zero-order valence-electron chi connectivity index (χ0n) is 5.89. The average Bonchev–Trinajstić information content (AvgIpc) is 2.04. The summed E-state index contributed by atoms with van der Waals surface area (Å²) in [6.45, 7) is 0. The van der Waals surface area contributed by atoms with E-state index in [2.05, 4.69) is 4.98 Å². The van der Waals surface area contributed by atoms with E-state index in [-0.39, 0.29) is 5.56 Å². The third-order valence-electron chi connectivity index (χ3n) is 1.24. The van der Waals surface area contributed by atoms with E-state index in [1.54, 1.807) is 0 Å². The highest BCUT2D eigenvalue weighted by Gasteiger charge is 2.15. The molecule has 0 aliphatic carbocycles. The molecule has 0 fully saturated rings. The van der Waals surface area contributed by atoms with Crippen molar-refractivity contribution in [3.05, 3.63) is 29.6 Å². The predicted octanol–water partition coefficient (Wildman–Crippen LogP) is 0.478. The van der Waals surface area contributed by atoms with Crippen molar-refractivity contribution in [3.63, 3.8) is 0 Å². The third-order valence-corrected chi connectivity index (χ3v) is 1.24. The van der Waals surface area contributed by atoms with Gasteiger partial charge in [0.2, 0.25) is 0 Å². The largest absolute Gasteiger partial charge is 0.478 e. The second-order valence-electron chi connectivity index (χ2n) is 2.01. The fourth-order valence-corrected chi connectivity index (χ4v) is 0.748. The number of aromatic carboxylic acids is 2. The van der Waals surface area contributed by atoms with Gasteiger partial charge in [-0.05, 0) is 12.1 Å². The van der Waals surface area contributed by atoms with Crippen molar-refractivity contribution in [3.8, 4) is 0 Å². The van der Waals surface area contributed by atoms with Gasteiger partial charge in [-0.25, -0.2) is 14.6 Å². The van der Waals surface area contributed by atoms with Gasteiger partial charge in [0.05, 0.1) is 5.56 Å². The number of rotatable bonds is 2. The van der Waals surface area contributed by atoms with Crippen LogP contribution in [-0.2, 0) is 0 Å². The van der Waals surface area contributed by atoms with Crippen LogP contribution in [0, 0.1) is 0 Å². The minimum atomic E-state index is -1.34. The van der Waals surface area contributed by atoms with Crippen LogP contribution >= 0.6 is 0 Å². The molecular formula is C7H5NO4. The molecular weight excluding hydrogens is 167 g/mol. The molecule has 0 amide bonds. The SMILES string of the molecule is O=[13C](O)[13c]1ccc[15n][13c]1[13C](=O)O. The standard InChI is InChI=1S/C7H5NO4/c9-6(10)4-2-1-3-8-5(4)7(11)12/h1-3H,(H,9,10)(H,11,12)/i4+1,5+1,6+1,7+1,8+1. The molecule has 0 saturated heterocycles. The van der Waals surface area contributed by atoms with Crippen LogP contribution in [0.15, 0.2) is 18.3 Å². The highest BCUT2D eigenvalue weighted by atomic mass is 16.5. The van der Waals surface area contributed by atoms with Crippen molar-refractivity contribution >= 4 is 11.9 Å². The fraction of sp³-hybridized carbons (Fsp3) is 0. The molecule has 0 aliphatic heterocycles. The lowest BCUT2D eigenvalue weighted by molar-refractivity contribution is 0.0646. The van der Waals surface area contributed by atoms with Crippen LogP contribution in [0.3, 0.4) is 0 Å². The molecule has 0 spiro atoms. The summed E-state index contributed by atoms with van der Waals surface area (Å²) in [4.78, 5) is 24.2. The maximum absolute atomic E-state index is 10.4. The first-order valence-corrected chi connectivity index (χ1v) is 3.04. The van der Waals surface area contributed by atoms with Gasteiger partial charge < -0.3 is 10.2 Å². The number of hydrogen-bond acceptors (Lipinski definition) is 3. The van der Waals surface area contributed by atoms with Gasteiger partial charge in [-0.3, -0.25) is 0 Å². The van der Waals surface area contributed by atoms with Gasteiger partial charge in [-0.15, -0.1) is 0 Å². The van der Waals surface area contributed by atoms with Crippen LogP contribution < -0.4 is 0 Å². The number of pyridine rings is 1. The first-order valence-electron chi connectivity index (χ1n) is 3.04. The molecule has 1 aromatic rings. The van der Waals surface area contributed by atoms with Gasteiger partial charge in [0.25, 0.3) is 0 Å². The number of carboxylic acid groups (broad SMARTS) is 2. The van der Waals surface area contributed by atoms with Crippen LogP contribution in [0.2, 0.25) is 0 Å². The number of aromatic nitrogens is 1. The Morgan fingerprint density at radius 1 is 1.25 bits per heavy atom. The second kappa shape index (κ2) is 3.00. The Morgan fingerprint density at radius 3 is 2.33 bits per heavy atom. The molecule has 1 aromatic heterocycles. The summed E-state index contributed by atoms with van der Waals surface area (Å²) in [5.74, 6) is -2.63. The average molecular weight is 172 g/mol. The highest BCUT2D eigenvalue weighted by molar-refractivity contribution is 5.99. The summed E-state index contributed by atoms with van der Waals surface area (Å²) in [5, 5.41) is 17.0. The maximum Gasteiger partial charge on any atom is 0.355 e. The van der Waals surface area contributed by atoms with Gasteiger partial charge in [0.15, 0.2) is 5.69 Å². The monoisotopic (exact) mass is 172 g/mol. The van der Waals surface area contributed by atoms with Crippen molar-refractivity contribution in [2.45, 2.75) is 0 Å². The Bertz CT molecular complexity index is 301. The number of carbonyl (C=O) groups is 2. The summed E-state index contributed by atoms with van der Waals surface area (Å²) in [6.07, 6.45) is 1.23. The van der Waals surface area contributed by atoms with E-state index in [1.165, 1.54) is 18.3 Å². The number of hydrogen-bond donors (Lipinski definition) is 2. The molecule has 1 heterocycles. The van der Waals surface area contributed by atoms with Crippen LogP contribution in [-0.4, -0.2) is 27.1 Å². The first kappa shape index (κ1) is 8.19. The number of carboxylic acids is 2. The van der Waals surface area contributed by atoms with Crippen LogP contribution in [0.25, 0.3) is 0 Å². The lowest BCUT2D eigenvalue weighted by Crippen LogP contribution is -2.09. The third kappa shape index (κ3) is 1.39. The van der Waals surface area contributed by atoms with Crippen molar-refractivity contribution < 1.29 is 19.8 Å². The Morgan fingerprint density at radius 2 is 1.92 bits per heavy atom. The molecule has 0 saturated carbocycles. The van der Waals surface area contributed by atoms with Crippen molar-refractivity contribution in [2.24, 2.45) is 0 Å². The van der Waals surface area contributed by atoms with E-state index in [0.717, 1.165) is 0 Å². The highest BCUT2D eigenvalue weighted by Crippen LogP contribution is 2.04. The van der Waals surface area contributed by atoms with Crippen LogP contribution in [0.5, 0.6) is 0 Å². The molecule has 1 rings (SSSR count). The summed E-state index contributed by atoms with van der Waals surface area (Å²) < 4.78 is 0. The van der Waals surface area contributed by atoms with E-state index in [0.29, 0.717) is 0 Å². The van der Waals surface area contributed by atoms with E-state index in [1.807, 2.05) is 0 Å². The second-order valence-corrected chi connectivity index (χ2v) is 2.01. The zero-order valence-corrected chi connectivity index (χ0v) is 5.89. The summed E-state index contributed by atoms with van der Waals surface area (Å²) >= 11 is 0. The van der Waals surface area contributed by atoms with E-state index >= 15 is 0 Å². The topological polar surface area (TPSA) is 87.5 Å². The number of nitrogens with zero attached hydrogens (tertiary/aromatic N) is 1. The summed E-state index contributed by atoms with van der Waals surface area (Å²) in [6, 6.07) is 2.56. The molecule has 12 heavy (non-hydrogen) atoms. The molecule has 0 aliphatic rings. The van der Waals surface area contributed by atoms with E-state index in [4.69, 9.17) is 10.2 Å². The van der Waals surface area contributed by atoms with E-state index in [9.17, 15) is 9.59 Å². The quantitative estimate of drug-likeness (QED) is 0.633. The van der Waals surface area contributed by atoms with Gasteiger partial charge >= 0.3 is 11.9 Å². The van der Waals surface area contributed by atoms with Crippen molar-refractivity contribution in [1.29, 1.82) is 0 Å². The van der Waals surface area contributed by atoms with E-state index < -0.39 is 17.6 Å². The van der Waals surface area contributed by atoms with Crippen molar-refractivity contribution in [2.75, 3.05) is 0 Å². The molecule has 0 aromatic carbocycles. The molecule has 0 radical (unpaired) electrons. The fourth-order valence-electron chi connectivity index (χ4n) is 0.748. The van der Waals surface area contributed by atoms with Crippen LogP contribution in [0.1, 0.15) is 20.8 Å². The molecule has 5 heteroatoms. The molecule has 2 N–H and O–H groups in total. The minimum Gasteiger partial charge on any atom is -0.478 e. The van der Waals surface area contributed by atoms with Gasteiger partial charge in [0.1, 0.15) is 0 Å². The molecule has 62 valence electrons. The predicted molar refractivity (Wildman–Crippen MR) is 38.2 cm³/mol. The lowest BCUT2D eigenvalue weighted by atomic mass is 10.7. The molecule has 5 nitrogen and oxygen atoms in total. The van der Waals surface area contributed by atoms with Crippen molar-refractivity contribution in [1.82, 2.24) is 4.98 Å². The smallest absolute Gasteiger partial charge is 0.355 e. The zero-order chi connectivity index (χ0) is 9.14. The Hall–Kier alpha value is -1.91. The van der Waals surface area contributed by atoms with Gasteiger partial charge in [-0.2, -0.15) is 0 Å². The summed E-state index contributed by atoms with van der Waals surface area (Å²) in [5.41, 5.74) is -0.741. The minimum absolute atomic E-state index is 0.301. The Kier molecular flexibility index (Phi) is 2.05.